The van der Waals surface area contributed by atoms with Gasteiger partial charge in [0.1, 0.15) is 5.75 Å². The molecule has 0 bridgehead atoms. The van der Waals surface area contributed by atoms with E-state index in [0.717, 1.165) is 36.1 Å². The number of unbranched alkanes of at least 4 members (excludes halogenated alkanes) is 2. The molecule has 0 radical (unpaired) electrons. The Balaban J connectivity index is 2.06. The molecule has 2 aromatic rings. The van der Waals surface area contributed by atoms with Crippen LogP contribution in [0.1, 0.15) is 36.5 Å². The van der Waals surface area contributed by atoms with Gasteiger partial charge in [0.05, 0.1) is 19.3 Å². The lowest BCUT2D eigenvalue weighted by Gasteiger charge is -2.07. The highest BCUT2D eigenvalue weighted by atomic mass is 16.5. The molecule has 0 saturated carbocycles. The van der Waals surface area contributed by atoms with Gasteiger partial charge in [-0.1, -0.05) is 44.0 Å². The Morgan fingerprint density at radius 3 is 2.45 bits per heavy atom. The molecular formula is C19H22O3. The second-order valence-electron chi connectivity index (χ2n) is 5.15. The fourth-order valence-corrected chi connectivity index (χ4v) is 2.21. The van der Waals surface area contributed by atoms with E-state index < -0.39 is 0 Å². The Labute approximate surface area is 131 Å². The zero-order valence-electron chi connectivity index (χ0n) is 13.2. The molecule has 116 valence electrons. The van der Waals surface area contributed by atoms with Crippen LogP contribution in [-0.4, -0.2) is 19.7 Å². The molecule has 0 aliphatic carbocycles. The van der Waals surface area contributed by atoms with Crippen molar-refractivity contribution >= 4 is 5.97 Å². The Morgan fingerprint density at radius 2 is 1.77 bits per heavy atom. The first-order valence-electron chi connectivity index (χ1n) is 7.66. The van der Waals surface area contributed by atoms with Gasteiger partial charge in [0, 0.05) is 0 Å². The lowest BCUT2D eigenvalue weighted by molar-refractivity contribution is 0.0498. The summed E-state index contributed by atoms with van der Waals surface area (Å²) in [6.45, 7) is 2.61. The number of hydrogen-bond acceptors (Lipinski definition) is 3. The van der Waals surface area contributed by atoms with Gasteiger partial charge < -0.3 is 9.47 Å². The third kappa shape index (κ3) is 4.35. The fourth-order valence-electron chi connectivity index (χ4n) is 2.21. The van der Waals surface area contributed by atoms with Gasteiger partial charge in [-0.2, -0.15) is 0 Å². The molecule has 0 unspecified atom stereocenters. The van der Waals surface area contributed by atoms with Crippen LogP contribution in [0.15, 0.2) is 48.5 Å². The molecule has 0 heterocycles. The van der Waals surface area contributed by atoms with Gasteiger partial charge in [-0.15, -0.1) is 0 Å². The molecule has 0 N–H and O–H groups in total. The monoisotopic (exact) mass is 298 g/mol. The minimum atomic E-state index is -0.258. The van der Waals surface area contributed by atoms with E-state index in [1.54, 1.807) is 13.2 Å². The summed E-state index contributed by atoms with van der Waals surface area (Å²) in [4.78, 5) is 12.0. The van der Waals surface area contributed by atoms with Crippen molar-refractivity contribution in [3.8, 4) is 16.9 Å². The molecule has 2 rings (SSSR count). The fraction of sp³-hybridized carbons (Fsp3) is 0.316. The molecule has 0 spiro atoms. The number of rotatable bonds is 7. The summed E-state index contributed by atoms with van der Waals surface area (Å²) in [5.74, 6) is 0.557. The molecule has 0 aromatic heterocycles. The lowest BCUT2D eigenvalue weighted by Crippen LogP contribution is -2.06. The maximum atomic E-state index is 12.0. The summed E-state index contributed by atoms with van der Waals surface area (Å²) in [6.07, 6.45) is 3.12. The van der Waals surface area contributed by atoms with Crippen molar-refractivity contribution in [1.29, 1.82) is 0 Å². The van der Waals surface area contributed by atoms with Gasteiger partial charge in [-0.25, -0.2) is 4.79 Å². The van der Waals surface area contributed by atoms with E-state index in [-0.39, 0.29) is 5.97 Å². The summed E-state index contributed by atoms with van der Waals surface area (Å²) >= 11 is 0. The number of methoxy groups -OCH3 is 1. The van der Waals surface area contributed by atoms with Gasteiger partial charge in [-0.3, -0.25) is 0 Å². The molecule has 3 heteroatoms. The highest BCUT2D eigenvalue weighted by molar-refractivity contribution is 5.91. The van der Waals surface area contributed by atoms with E-state index in [1.807, 2.05) is 42.5 Å². The summed E-state index contributed by atoms with van der Waals surface area (Å²) in [7, 11) is 1.64. The third-order valence-corrected chi connectivity index (χ3v) is 3.50. The first-order valence-corrected chi connectivity index (χ1v) is 7.66. The predicted molar refractivity (Wildman–Crippen MR) is 88.2 cm³/mol. The largest absolute Gasteiger partial charge is 0.497 e. The first kappa shape index (κ1) is 16.1. The van der Waals surface area contributed by atoms with Gasteiger partial charge in [-0.05, 0) is 41.8 Å². The van der Waals surface area contributed by atoms with Gasteiger partial charge in [0.15, 0.2) is 0 Å². The van der Waals surface area contributed by atoms with Crippen molar-refractivity contribution in [1.82, 2.24) is 0 Å². The SMILES string of the molecule is CCCCCOC(=O)c1cccc(-c2ccc(OC)cc2)c1. The Morgan fingerprint density at radius 1 is 1.00 bits per heavy atom. The van der Waals surface area contributed by atoms with Crippen LogP contribution in [0, 0.1) is 0 Å². The average molecular weight is 298 g/mol. The molecule has 0 saturated heterocycles. The van der Waals surface area contributed by atoms with Crippen molar-refractivity contribution in [3.63, 3.8) is 0 Å². The smallest absolute Gasteiger partial charge is 0.338 e. The van der Waals surface area contributed by atoms with Crippen LogP contribution in [0.25, 0.3) is 11.1 Å². The standard InChI is InChI=1S/C19H22O3/c1-3-4-5-13-22-19(20)17-8-6-7-16(14-17)15-9-11-18(21-2)12-10-15/h6-12,14H,3-5,13H2,1-2H3. The zero-order valence-corrected chi connectivity index (χ0v) is 13.2. The highest BCUT2D eigenvalue weighted by Crippen LogP contribution is 2.23. The number of carbonyl (C=O) groups is 1. The molecule has 0 aliphatic rings. The maximum absolute atomic E-state index is 12.0. The van der Waals surface area contributed by atoms with Crippen molar-refractivity contribution in [2.24, 2.45) is 0 Å². The lowest BCUT2D eigenvalue weighted by atomic mass is 10.0. The summed E-state index contributed by atoms with van der Waals surface area (Å²) in [6, 6.07) is 15.3. The van der Waals surface area contributed by atoms with Crippen LogP contribution in [0.4, 0.5) is 0 Å². The van der Waals surface area contributed by atoms with Crippen molar-refractivity contribution in [3.05, 3.63) is 54.1 Å². The van der Waals surface area contributed by atoms with Crippen LogP contribution in [-0.2, 0) is 4.74 Å². The summed E-state index contributed by atoms with van der Waals surface area (Å²) in [5.41, 5.74) is 2.62. The van der Waals surface area contributed by atoms with E-state index in [1.165, 1.54) is 0 Å². The molecular weight excluding hydrogens is 276 g/mol. The summed E-state index contributed by atoms with van der Waals surface area (Å²) in [5, 5.41) is 0. The molecule has 2 aromatic carbocycles. The minimum absolute atomic E-state index is 0.258. The first-order chi connectivity index (χ1) is 10.7. The van der Waals surface area contributed by atoms with E-state index >= 15 is 0 Å². The average Bonchev–Trinajstić information content (AvgIpc) is 2.59. The van der Waals surface area contributed by atoms with E-state index in [9.17, 15) is 4.79 Å². The minimum Gasteiger partial charge on any atom is -0.497 e. The predicted octanol–water partition coefficient (Wildman–Crippen LogP) is 4.71. The molecule has 0 atom stereocenters. The van der Waals surface area contributed by atoms with Crippen LogP contribution in [0.2, 0.25) is 0 Å². The Kier molecular flexibility index (Phi) is 6.01. The van der Waals surface area contributed by atoms with E-state index in [2.05, 4.69) is 6.92 Å². The van der Waals surface area contributed by atoms with Crippen molar-refractivity contribution in [2.75, 3.05) is 13.7 Å². The number of esters is 1. The molecule has 3 nitrogen and oxygen atoms in total. The van der Waals surface area contributed by atoms with Gasteiger partial charge in [0.25, 0.3) is 0 Å². The van der Waals surface area contributed by atoms with Gasteiger partial charge in [0.2, 0.25) is 0 Å². The molecule has 0 aliphatic heterocycles. The Bertz CT molecular complexity index is 602. The van der Waals surface area contributed by atoms with E-state index in [4.69, 9.17) is 9.47 Å². The van der Waals surface area contributed by atoms with E-state index in [0.29, 0.717) is 12.2 Å². The summed E-state index contributed by atoms with van der Waals surface area (Å²) < 4.78 is 10.5. The third-order valence-electron chi connectivity index (χ3n) is 3.50. The normalized spacial score (nSPS) is 10.3. The van der Waals surface area contributed by atoms with Crippen LogP contribution < -0.4 is 4.74 Å². The Hall–Kier alpha value is -2.29. The highest BCUT2D eigenvalue weighted by Gasteiger charge is 2.08. The molecule has 0 fully saturated rings. The number of ether oxygens (including phenoxy) is 2. The van der Waals surface area contributed by atoms with Crippen LogP contribution in [0.5, 0.6) is 5.75 Å². The molecule has 22 heavy (non-hydrogen) atoms. The quantitative estimate of drug-likeness (QED) is 0.548. The topological polar surface area (TPSA) is 35.5 Å². The second-order valence-corrected chi connectivity index (χ2v) is 5.15. The molecule has 0 amide bonds. The second kappa shape index (κ2) is 8.23. The zero-order chi connectivity index (χ0) is 15.8. The number of hydrogen-bond donors (Lipinski definition) is 0. The maximum Gasteiger partial charge on any atom is 0.338 e. The van der Waals surface area contributed by atoms with Crippen molar-refractivity contribution < 1.29 is 14.3 Å². The van der Waals surface area contributed by atoms with Gasteiger partial charge >= 0.3 is 5.97 Å². The van der Waals surface area contributed by atoms with Crippen LogP contribution >= 0.6 is 0 Å². The number of carbonyl (C=O) groups excluding carboxylic acids is 1. The van der Waals surface area contributed by atoms with Crippen molar-refractivity contribution in [2.45, 2.75) is 26.2 Å². The number of benzene rings is 2. The van der Waals surface area contributed by atoms with Crippen LogP contribution in [0.3, 0.4) is 0 Å².